The second kappa shape index (κ2) is 7.92. The Labute approximate surface area is 109 Å². The van der Waals surface area contributed by atoms with Gasteiger partial charge in [0.25, 0.3) is 0 Å². The molecule has 0 spiro atoms. The summed E-state index contributed by atoms with van der Waals surface area (Å²) in [5, 5.41) is 3.24. The number of carbonyl (C=O) groups excluding carboxylic acids is 1. The highest BCUT2D eigenvalue weighted by Gasteiger charge is 2.16. The van der Waals surface area contributed by atoms with E-state index >= 15 is 0 Å². The first-order chi connectivity index (χ1) is 8.65. The number of aliphatic imine (C=N–C) groups is 1. The number of nitrogens with zero attached hydrogens (tertiary/aromatic N) is 3. The molecule has 1 amide bonds. The molecular formula is C12H24N4O2. The summed E-state index contributed by atoms with van der Waals surface area (Å²) in [5.41, 5.74) is 0. The number of carbonyl (C=O) groups is 1. The third-order valence-electron chi connectivity index (χ3n) is 2.86. The average Bonchev–Trinajstić information content (AvgIpc) is 2.86. The third-order valence-corrected chi connectivity index (χ3v) is 2.86. The number of nitrogens with one attached hydrogen (secondary N) is 1. The van der Waals surface area contributed by atoms with Crippen molar-refractivity contribution < 1.29 is 9.53 Å². The van der Waals surface area contributed by atoms with Gasteiger partial charge in [-0.15, -0.1) is 0 Å². The Morgan fingerprint density at radius 2 is 2.06 bits per heavy atom. The zero-order chi connectivity index (χ0) is 13.4. The highest BCUT2D eigenvalue weighted by Crippen LogP contribution is 2.07. The number of guanidine groups is 1. The van der Waals surface area contributed by atoms with E-state index in [0.29, 0.717) is 13.2 Å². The molecule has 6 heteroatoms. The Kier molecular flexibility index (Phi) is 6.49. The zero-order valence-electron chi connectivity index (χ0n) is 11.6. The number of rotatable bonds is 5. The van der Waals surface area contributed by atoms with Crippen LogP contribution in [0.25, 0.3) is 0 Å². The summed E-state index contributed by atoms with van der Waals surface area (Å²) in [7, 11) is 5.15. The number of likely N-dealkylation sites (tertiary alicyclic amines) is 1. The minimum absolute atomic E-state index is 0.0141. The first kappa shape index (κ1) is 14.8. The van der Waals surface area contributed by atoms with Crippen LogP contribution in [0.3, 0.4) is 0 Å². The molecule has 0 unspecified atom stereocenters. The summed E-state index contributed by atoms with van der Waals surface area (Å²) < 4.78 is 5.01. The Bertz CT molecular complexity index is 286. The fourth-order valence-electron chi connectivity index (χ4n) is 1.75. The highest BCUT2D eigenvalue weighted by molar-refractivity contribution is 5.84. The smallest absolute Gasteiger partial charge is 0.243 e. The molecule has 0 saturated carbocycles. The van der Waals surface area contributed by atoms with E-state index < -0.39 is 0 Å². The summed E-state index contributed by atoms with van der Waals surface area (Å²) in [5.74, 6) is 0.833. The van der Waals surface area contributed by atoms with Crippen LogP contribution in [-0.2, 0) is 9.53 Å². The lowest BCUT2D eigenvalue weighted by Crippen LogP contribution is -2.41. The Morgan fingerprint density at radius 1 is 1.39 bits per heavy atom. The molecule has 18 heavy (non-hydrogen) atoms. The number of likely N-dealkylation sites (N-methyl/N-ethyl adjacent to an activating group) is 1. The lowest BCUT2D eigenvalue weighted by atomic mass is 10.4. The Balaban J connectivity index is 2.52. The van der Waals surface area contributed by atoms with Crippen LogP contribution in [0.15, 0.2) is 4.99 Å². The minimum atomic E-state index is 0.0141. The van der Waals surface area contributed by atoms with Gasteiger partial charge in [0, 0.05) is 40.8 Å². The van der Waals surface area contributed by atoms with Gasteiger partial charge in [-0.3, -0.25) is 4.79 Å². The van der Waals surface area contributed by atoms with Crippen molar-refractivity contribution >= 4 is 11.9 Å². The second-order valence-corrected chi connectivity index (χ2v) is 4.54. The molecule has 0 bridgehead atoms. The van der Waals surface area contributed by atoms with E-state index in [4.69, 9.17) is 4.74 Å². The number of hydrogen-bond acceptors (Lipinski definition) is 3. The maximum Gasteiger partial charge on any atom is 0.243 e. The van der Waals surface area contributed by atoms with Crippen LogP contribution in [-0.4, -0.2) is 75.7 Å². The molecule has 0 radical (unpaired) electrons. The molecular weight excluding hydrogens is 232 g/mol. The third kappa shape index (κ3) is 4.91. The van der Waals surface area contributed by atoms with Crippen molar-refractivity contribution in [3.8, 4) is 0 Å². The van der Waals surface area contributed by atoms with Crippen LogP contribution in [0, 0.1) is 0 Å². The van der Waals surface area contributed by atoms with Crippen molar-refractivity contribution in [1.82, 2.24) is 15.1 Å². The van der Waals surface area contributed by atoms with Crippen LogP contribution in [0.5, 0.6) is 0 Å². The van der Waals surface area contributed by atoms with Gasteiger partial charge >= 0.3 is 0 Å². The van der Waals surface area contributed by atoms with Gasteiger partial charge in [0.05, 0.1) is 6.61 Å². The van der Waals surface area contributed by atoms with Gasteiger partial charge in [0.2, 0.25) is 5.91 Å². The van der Waals surface area contributed by atoms with Crippen molar-refractivity contribution in [2.24, 2.45) is 4.99 Å². The van der Waals surface area contributed by atoms with Gasteiger partial charge in [-0.2, -0.15) is 0 Å². The van der Waals surface area contributed by atoms with E-state index in [-0.39, 0.29) is 12.5 Å². The van der Waals surface area contributed by atoms with Crippen LogP contribution in [0.1, 0.15) is 12.8 Å². The van der Waals surface area contributed by atoms with Gasteiger partial charge in [-0.05, 0) is 12.8 Å². The summed E-state index contributed by atoms with van der Waals surface area (Å²) in [6.07, 6.45) is 2.37. The monoisotopic (exact) mass is 256 g/mol. The molecule has 1 saturated heterocycles. The van der Waals surface area contributed by atoms with Crippen LogP contribution >= 0.6 is 0 Å². The average molecular weight is 256 g/mol. The SMILES string of the molecule is COCCNC(=NCC(=O)N(C)C)N1CCCC1. The lowest BCUT2D eigenvalue weighted by molar-refractivity contribution is -0.127. The Morgan fingerprint density at radius 3 is 2.61 bits per heavy atom. The number of ether oxygens (including phenoxy) is 1. The van der Waals surface area contributed by atoms with Gasteiger partial charge in [-0.25, -0.2) is 4.99 Å². The van der Waals surface area contributed by atoms with Gasteiger partial charge in [0.1, 0.15) is 6.54 Å². The molecule has 0 aromatic heterocycles. The summed E-state index contributed by atoms with van der Waals surface area (Å²) in [6.45, 7) is 3.55. The maximum absolute atomic E-state index is 11.5. The van der Waals surface area contributed by atoms with Crippen molar-refractivity contribution in [3.05, 3.63) is 0 Å². The van der Waals surface area contributed by atoms with Crippen LogP contribution < -0.4 is 5.32 Å². The first-order valence-corrected chi connectivity index (χ1v) is 6.37. The molecule has 0 atom stereocenters. The minimum Gasteiger partial charge on any atom is -0.383 e. The molecule has 1 fully saturated rings. The fourth-order valence-corrected chi connectivity index (χ4v) is 1.75. The van der Waals surface area contributed by atoms with Crippen molar-refractivity contribution in [3.63, 3.8) is 0 Å². The topological polar surface area (TPSA) is 57.2 Å². The molecule has 1 rings (SSSR count). The van der Waals surface area contributed by atoms with Crippen molar-refractivity contribution in [2.45, 2.75) is 12.8 Å². The molecule has 1 aliphatic heterocycles. The normalized spacial score (nSPS) is 15.9. The van der Waals surface area contributed by atoms with E-state index in [9.17, 15) is 4.79 Å². The summed E-state index contributed by atoms with van der Waals surface area (Å²) in [6, 6.07) is 0. The van der Waals surface area contributed by atoms with Crippen LogP contribution in [0.4, 0.5) is 0 Å². The van der Waals surface area contributed by atoms with Gasteiger partial charge < -0.3 is 19.9 Å². The van der Waals surface area contributed by atoms with E-state index in [0.717, 1.165) is 19.0 Å². The molecule has 104 valence electrons. The van der Waals surface area contributed by atoms with E-state index in [2.05, 4.69) is 15.2 Å². The number of amides is 1. The highest BCUT2D eigenvalue weighted by atomic mass is 16.5. The fraction of sp³-hybridized carbons (Fsp3) is 0.833. The van der Waals surface area contributed by atoms with Crippen LogP contribution in [0.2, 0.25) is 0 Å². The molecule has 6 nitrogen and oxygen atoms in total. The Hall–Kier alpha value is -1.30. The molecule has 1 aliphatic rings. The van der Waals surface area contributed by atoms with E-state index in [1.807, 2.05) is 0 Å². The lowest BCUT2D eigenvalue weighted by Gasteiger charge is -2.21. The molecule has 1 heterocycles. The molecule has 1 N–H and O–H groups in total. The predicted molar refractivity (Wildman–Crippen MR) is 71.7 cm³/mol. The molecule has 0 aromatic carbocycles. The van der Waals surface area contributed by atoms with Crippen molar-refractivity contribution in [2.75, 3.05) is 54.0 Å². The summed E-state index contributed by atoms with van der Waals surface area (Å²) >= 11 is 0. The largest absolute Gasteiger partial charge is 0.383 e. The van der Waals surface area contributed by atoms with E-state index in [1.54, 1.807) is 26.1 Å². The summed E-state index contributed by atoms with van der Waals surface area (Å²) in [4.78, 5) is 19.7. The number of hydrogen-bond donors (Lipinski definition) is 1. The predicted octanol–water partition coefficient (Wildman–Crippen LogP) is -0.238. The first-order valence-electron chi connectivity index (χ1n) is 6.37. The number of methoxy groups -OCH3 is 1. The van der Waals surface area contributed by atoms with Gasteiger partial charge in [0.15, 0.2) is 5.96 Å². The molecule has 0 aliphatic carbocycles. The van der Waals surface area contributed by atoms with Gasteiger partial charge in [-0.1, -0.05) is 0 Å². The standard InChI is InChI=1S/C12H24N4O2/c1-15(2)11(17)10-14-12(13-6-9-18-3)16-7-4-5-8-16/h4-10H2,1-3H3,(H,13,14). The van der Waals surface area contributed by atoms with Crippen molar-refractivity contribution in [1.29, 1.82) is 0 Å². The quantitative estimate of drug-likeness (QED) is 0.419. The van der Waals surface area contributed by atoms with E-state index in [1.165, 1.54) is 12.8 Å². The second-order valence-electron chi connectivity index (χ2n) is 4.54. The maximum atomic E-state index is 11.5. The zero-order valence-corrected chi connectivity index (χ0v) is 11.6. The molecule has 0 aromatic rings.